The van der Waals surface area contributed by atoms with E-state index in [1.807, 2.05) is 12.1 Å². The van der Waals surface area contributed by atoms with Crippen LogP contribution in [0.4, 0.5) is 0 Å². The van der Waals surface area contributed by atoms with Crippen molar-refractivity contribution in [2.75, 3.05) is 13.7 Å². The Morgan fingerprint density at radius 3 is 2.64 bits per heavy atom. The summed E-state index contributed by atoms with van der Waals surface area (Å²) in [5.74, 6) is 0.915. The summed E-state index contributed by atoms with van der Waals surface area (Å²) in [7, 11) is 1.71. The van der Waals surface area contributed by atoms with Gasteiger partial charge in [-0.3, -0.25) is 4.90 Å². The minimum absolute atomic E-state index is 0.372. The highest BCUT2D eigenvalue weighted by Crippen LogP contribution is 2.32. The van der Waals surface area contributed by atoms with Gasteiger partial charge < -0.3 is 4.74 Å². The van der Waals surface area contributed by atoms with E-state index < -0.39 is 0 Å². The molecule has 0 N–H and O–H groups in total. The zero-order valence-electron chi connectivity index (χ0n) is 13.3. The molecule has 0 saturated heterocycles. The van der Waals surface area contributed by atoms with E-state index >= 15 is 0 Å². The number of benzene rings is 2. The first kappa shape index (κ1) is 14.9. The predicted octanol–water partition coefficient (Wildman–Crippen LogP) is 4.37. The largest absolute Gasteiger partial charge is 0.497 e. The molecule has 0 spiro atoms. The summed E-state index contributed by atoms with van der Waals surface area (Å²) >= 11 is 0. The van der Waals surface area contributed by atoms with E-state index in [0.717, 1.165) is 25.3 Å². The summed E-state index contributed by atoms with van der Waals surface area (Å²) in [5.41, 5.74) is 4.26. The molecule has 2 nitrogen and oxygen atoms in total. The summed E-state index contributed by atoms with van der Waals surface area (Å²) in [6.45, 7) is 4.16. The van der Waals surface area contributed by atoms with E-state index in [1.54, 1.807) is 7.11 Å². The Labute approximate surface area is 133 Å². The number of allylic oxidation sites excluding steroid dienone is 1. The molecular weight excluding hydrogens is 270 g/mol. The number of methoxy groups -OCH3 is 1. The van der Waals surface area contributed by atoms with E-state index in [9.17, 15) is 0 Å². The van der Waals surface area contributed by atoms with E-state index in [2.05, 4.69) is 60.4 Å². The van der Waals surface area contributed by atoms with Crippen LogP contribution in [-0.4, -0.2) is 18.6 Å². The Bertz CT molecular complexity index is 645. The molecule has 0 amide bonds. The third-order valence-electron chi connectivity index (χ3n) is 4.35. The Morgan fingerprint density at radius 2 is 1.91 bits per heavy atom. The van der Waals surface area contributed by atoms with E-state index in [0.29, 0.717) is 6.04 Å². The van der Waals surface area contributed by atoms with Gasteiger partial charge in [0.15, 0.2) is 0 Å². The maximum atomic E-state index is 5.24. The molecule has 0 aliphatic carbocycles. The topological polar surface area (TPSA) is 12.5 Å². The highest BCUT2D eigenvalue weighted by atomic mass is 16.5. The van der Waals surface area contributed by atoms with Crippen molar-refractivity contribution in [3.05, 3.63) is 77.4 Å². The molecular formula is C20H23NO. The van der Waals surface area contributed by atoms with Gasteiger partial charge in [0.2, 0.25) is 0 Å². The fourth-order valence-electron chi connectivity index (χ4n) is 3.20. The SMILES string of the molecule is C/C=C/[C@H]1c2ccccc2CCN1Cc1ccc(OC)cc1. The quantitative estimate of drug-likeness (QED) is 0.776. The summed E-state index contributed by atoms with van der Waals surface area (Å²) in [5, 5.41) is 0. The van der Waals surface area contributed by atoms with Crippen molar-refractivity contribution in [1.82, 2.24) is 4.90 Å². The molecule has 0 saturated carbocycles. The lowest BCUT2D eigenvalue weighted by molar-refractivity contribution is 0.210. The minimum Gasteiger partial charge on any atom is -0.497 e. The monoisotopic (exact) mass is 293 g/mol. The second-order valence-corrected chi connectivity index (χ2v) is 5.74. The molecule has 3 rings (SSSR count). The Hall–Kier alpha value is -2.06. The average molecular weight is 293 g/mol. The number of fused-ring (bicyclic) bond motifs is 1. The van der Waals surface area contributed by atoms with E-state index in [4.69, 9.17) is 4.74 Å². The molecule has 2 heteroatoms. The minimum atomic E-state index is 0.372. The van der Waals surface area contributed by atoms with Gasteiger partial charge in [0, 0.05) is 13.1 Å². The number of hydrogen-bond donors (Lipinski definition) is 0. The Kier molecular flexibility index (Phi) is 4.59. The molecule has 22 heavy (non-hydrogen) atoms. The van der Waals surface area contributed by atoms with Gasteiger partial charge in [0.1, 0.15) is 5.75 Å². The number of nitrogens with zero attached hydrogens (tertiary/aromatic N) is 1. The van der Waals surface area contributed by atoms with Gasteiger partial charge in [0.25, 0.3) is 0 Å². The van der Waals surface area contributed by atoms with Gasteiger partial charge in [0.05, 0.1) is 13.2 Å². The normalized spacial score (nSPS) is 18.4. The van der Waals surface area contributed by atoms with Gasteiger partial charge in [-0.05, 0) is 42.2 Å². The smallest absolute Gasteiger partial charge is 0.118 e. The van der Waals surface area contributed by atoms with Crippen molar-refractivity contribution >= 4 is 0 Å². The van der Waals surface area contributed by atoms with Crippen molar-refractivity contribution in [3.8, 4) is 5.75 Å². The first-order chi connectivity index (χ1) is 10.8. The third kappa shape index (κ3) is 3.07. The first-order valence-electron chi connectivity index (χ1n) is 7.89. The molecule has 0 aromatic heterocycles. The fourth-order valence-corrected chi connectivity index (χ4v) is 3.20. The molecule has 114 valence electrons. The molecule has 1 aliphatic rings. The van der Waals surface area contributed by atoms with Crippen molar-refractivity contribution < 1.29 is 4.74 Å². The predicted molar refractivity (Wildman–Crippen MR) is 91.1 cm³/mol. The zero-order valence-corrected chi connectivity index (χ0v) is 13.3. The molecule has 0 fully saturated rings. The number of hydrogen-bond acceptors (Lipinski definition) is 2. The standard InChI is InChI=1S/C20H23NO/c1-3-6-20-19-8-5-4-7-17(19)13-14-21(20)15-16-9-11-18(22-2)12-10-16/h3-12,20H,13-15H2,1-2H3/b6-3+/t20-/m0/s1. The number of ether oxygens (including phenoxy) is 1. The maximum Gasteiger partial charge on any atom is 0.118 e. The van der Waals surface area contributed by atoms with Gasteiger partial charge in [-0.15, -0.1) is 0 Å². The third-order valence-corrected chi connectivity index (χ3v) is 4.35. The van der Waals surface area contributed by atoms with Crippen molar-refractivity contribution in [2.45, 2.75) is 25.9 Å². The van der Waals surface area contributed by atoms with Crippen LogP contribution in [0.15, 0.2) is 60.7 Å². The molecule has 0 unspecified atom stereocenters. The summed E-state index contributed by atoms with van der Waals surface area (Å²) in [6, 6.07) is 17.6. The van der Waals surface area contributed by atoms with Crippen LogP contribution in [0.25, 0.3) is 0 Å². The van der Waals surface area contributed by atoms with Crippen molar-refractivity contribution in [3.63, 3.8) is 0 Å². The maximum absolute atomic E-state index is 5.24. The summed E-state index contributed by atoms with van der Waals surface area (Å²) in [6.07, 6.45) is 5.59. The molecule has 2 aromatic carbocycles. The van der Waals surface area contributed by atoms with Crippen LogP contribution in [0.1, 0.15) is 29.7 Å². The van der Waals surface area contributed by atoms with Crippen LogP contribution in [0.3, 0.4) is 0 Å². The van der Waals surface area contributed by atoms with Gasteiger partial charge >= 0.3 is 0 Å². The summed E-state index contributed by atoms with van der Waals surface area (Å²) < 4.78 is 5.24. The lowest BCUT2D eigenvalue weighted by Crippen LogP contribution is -2.34. The van der Waals surface area contributed by atoms with Crippen LogP contribution < -0.4 is 4.74 Å². The fraction of sp³-hybridized carbons (Fsp3) is 0.300. The molecule has 2 aromatic rings. The van der Waals surface area contributed by atoms with E-state index in [1.165, 1.54) is 16.7 Å². The Balaban J connectivity index is 1.83. The average Bonchev–Trinajstić information content (AvgIpc) is 2.58. The molecule has 1 aliphatic heterocycles. The van der Waals surface area contributed by atoms with Crippen LogP contribution >= 0.6 is 0 Å². The Morgan fingerprint density at radius 1 is 1.14 bits per heavy atom. The molecule has 1 heterocycles. The second-order valence-electron chi connectivity index (χ2n) is 5.74. The molecule has 1 atom stereocenters. The number of rotatable bonds is 4. The van der Waals surface area contributed by atoms with Crippen LogP contribution in [-0.2, 0) is 13.0 Å². The lowest BCUT2D eigenvalue weighted by Gasteiger charge is -2.36. The summed E-state index contributed by atoms with van der Waals surface area (Å²) in [4.78, 5) is 2.55. The van der Waals surface area contributed by atoms with Gasteiger partial charge in [-0.25, -0.2) is 0 Å². The van der Waals surface area contributed by atoms with Crippen molar-refractivity contribution in [1.29, 1.82) is 0 Å². The highest BCUT2D eigenvalue weighted by Gasteiger charge is 2.24. The molecule has 0 radical (unpaired) electrons. The van der Waals surface area contributed by atoms with Crippen molar-refractivity contribution in [2.24, 2.45) is 0 Å². The van der Waals surface area contributed by atoms with E-state index in [-0.39, 0.29) is 0 Å². The van der Waals surface area contributed by atoms with Crippen LogP contribution in [0.2, 0.25) is 0 Å². The van der Waals surface area contributed by atoms with Gasteiger partial charge in [-0.2, -0.15) is 0 Å². The lowest BCUT2D eigenvalue weighted by atomic mass is 9.92. The molecule has 0 bridgehead atoms. The van der Waals surface area contributed by atoms with Crippen LogP contribution in [0.5, 0.6) is 5.75 Å². The highest BCUT2D eigenvalue weighted by molar-refractivity contribution is 5.35. The van der Waals surface area contributed by atoms with Crippen LogP contribution in [0, 0.1) is 0 Å². The van der Waals surface area contributed by atoms with Gasteiger partial charge in [-0.1, -0.05) is 48.6 Å². The zero-order chi connectivity index (χ0) is 15.4. The second kappa shape index (κ2) is 6.80. The first-order valence-corrected chi connectivity index (χ1v) is 7.89.